The minimum Gasteiger partial charge on any atom is -0.368 e. The highest BCUT2D eigenvalue weighted by Crippen LogP contribution is 2.29. The Hall–Kier alpha value is -2.21. The summed E-state index contributed by atoms with van der Waals surface area (Å²) in [4.78, 5) is 15.6. The molecule has 3 aromatic rings. The summed E-state index contributed by atoms with van der Waals surface area (Å²) in [5, 5.41) is 1.08. The summed E-state index contributed by atoms with van der Waals surface area (Å²) in [6, 6.07) is 8.29. The van der Waals surface area contributed by atoms with Crippen LogP contribution in [0.2, 0.25) is 0 Å². The minimum atomic E-state index is 0.328. The normalized spacial score (nSPS) is 14.9. The number of hydrogen-bond acceptors (Lipinski definition) is 6. The standard InChI is InChI=1S/C16H17N5S/c1-10-18-13-8-11(4-5-14(13)22-10)12-9-15(20-16(17)19-12)21-6-2-3-7-21/h4-5,8-9H,2-3,6-7H2,1H3,(H2,17,19,20). The first-order valence-electron chi connectivity index (χ1n) is 7.46. The van der Waals surface area contributed by atoms with Crippen molar-refractivity contribution < 1.29 is 0 Å². The fourth-order valence-corrected chi connectivity index (χ4v) is 3.72. The fraction of sp³-hybridized carbons (Fsp3) is 0.312. The van der Waals surface area contributed by atoms with Crippen LogP contribution in [0.5, 0.6) is 0 Å². The molecule has 1 aliphatic heterocycles. The molecule has 0 aliphatic carbocycles. The molecule has 2 N–H and O–H groups in total. The van der Waals surface area contributed by atoms with Crippen LogP contribution in [-0.2, 0) is 0 Å². The molecule has 22 heavy (non-hydrogen) atoms. The maximum Gasteiger partial charge on any atom is 0.222 e. The molecule has 1 saturated heterocycles. The van der Waals surface area contributed by atoms with Gasteiger partial charge in [-0.15, -0.1) is 11.3 Å². The summed E-state index contributed by atoms with van der Waals surface area (Å²) in [5.41, 5.74) is 8.83. The molecular formula is C16H17N5S. The second kappa shape index (κ2) is 5.21. The van der Waals surface area contributed by atoms with Crippen molar-refractivity contribution in [1.29, 1.82) is 0 Å². The zero-order chi connectivity index (χ0) is 15.1. The van der Waals surface area contributed by atoms with E-state index in [4.69, 9.17) is 5.73 Å². The molecule has 0 atom stereocenters. The van der Waals surface area contributed by atoms with Gasteiger partial charge in [0.2, 0.25) is 5.95 Å². The van der Waals surface area contributed by atoms with Crippen LogP contribution in [0.3, 0.4) is 0 Å². The fourth-order valence-electron chi connectivity index (χ4n) is 2.91. The molecule has 2 aromatic heterocycles. The van der Waals surface area contributed by atoms with Gasteiger partial charge < -0.3 is 10.6 Å². The van der Waals surface area contributed by atoms with Gasteiger partial charge in [0.25, 0.3) is 0 Å². The summed E-state index contributed by atoms with van der Waals surface area (Å²) < 4.78 is 1.20. The van der Waals surface area contributed by atoms with Crippen LogP contribution >= 0.6 is 11.3 Å². The van der Waals surface area contributed by atoms with Gasteiger partial charge in [-0.25, -0.2) is 9.97 Å². The van der Waals surface area contributed by atoms with Crippen LogP contribution in [0.15, 0.2) is 24.3 Å². The lowest BCUT2D eigenvalue weighted by molar-refractivity contribution is 0.932. The van der Waals surface area contributed by atoms with E-state index in [1.54, 1.807) is 11.3 Å². The van der Waals surface area contributed by atoms with Gasteiger partial charge in [-0.1, -0.05) is 6.07 Å². The van der Waals surface area contributed by atoms with Gasteiger partial charge in [0.1, 0.15) is 5.82 Å². The maximum atomic E-state index is 5.92. The number of nitrogens with two attached hydrogens (primary N) is 1. The van der Waals surface area contributed by atoms with E-state index in [0.717, 1.165) is 40.7 Å². The number of anilines is 2. The van der Waals surface area contributed by atoms with E-state index >= 15 is 0 Å². The van der Waals surface area contributed by atoms with Crippen LogP contribution in [0.1, 0.15) is 17.8 Å². The molecule has 112 valence electrons. The molecule has 1 fully saturated rings. The van der Waals surface area contributed by atoms with Gasteiger partial charge in [-0.05, 0) is 31.9 Å². The summed E-state index contributed by atoms with van der Waals surface area (Å²) in [5.74, 6) is 1.25. The molecule has 0 radical (unpaired) electrons. The van der Waals surface area contributed by atoms with E-state index in [1.165, 1.54) is 17.5 Å². The van der Waals surface area contributed by atoms with Crippen LogP contribution in [0.25, 0.3) is 21.5 Å². The Balaban J connectivity index is 1.79. The maximum absolute atomic E-state index is 5.92. The van der Waals surface area contributed by atoms with Crippen molar-refractivity contribution in [1.82, 2.24) is 15.0 Å². The summed E-state index contributed by atoms with van der Waals surface area (Å²) in [7, 11) is 0. The summed E-state index contributed by atoms with van der Waals surface area (Å²) in [6.45, 7) is 4.11. The van der Waals surface area contributed by atoms with Crippen molar-refractivity contribution in [2.75, 3.05) is 23.7 Å². The molecule has 0 spiro atoms. The first kappa shape index (κ1) is 13.5. The zero-order valence-electron chi connectivity index (χ0n) is 12.4. The van der Waals surface area contributed by atoms with Crippen molar-refractivity contribution in [3.8, 4) is 11.3 Å². The second-order valence-corrected chi connectivity index (χ2v) is 6.81. The Morgan fingerprint density at radius 1 is 1.09 bits per heavy atom. The number of nitrogen functional groups attached to an aromatic ring is 1. The van der Waals surface area contributed by atoms with Gasteiger partial charge in [-0.3, -0.25) is 0 Å². The van der Waals surface area contributed by atoms with Gasteiger partial charge in [0.15, 0.2) is 0 Å². The van der Waals surface area contributed by atoms with Gasteiger partial charge in [0, 0.05) is 24.7 Å². The lowest BCUT2D eigenvalue weighted by Crippen LogP contribution is -2.19. The van der Waals surface area contributed by atoms with Crippen LogP contribution < -0.4 is 10.6 Å². The van der Waals surface area contributed by atoms with E-state index in [0.29, 0.717) is 5.95 Å². The quantitative estimate of drug-likeness (QED) is 0.787. The third-order valence-corrected chi connectivity index (χ3v) is 4.90. The number of benzene rings is 1. The molecule has 0 bridgehead atoms. The lowest BCUT2D eigenvalue weighted by Gasteiger charge is -2.17. The van der Waals surface area contributed by atoms with Crippen molar-refractivity contribution in [2.45, 2.75) is 19.8 Å². The number of thiazole rings is 1. The molecule has 0 unspecified atom stereocenters. The average Bonchev–Trinajstić information content (AvgIpc) is 3.14. The highest BCUT2D eigenvalue weighted by molar-refractivity contribution is 7.18. The average molecular weight is 311 g/mol. The number of nitrogens with zero attached hydrogens (tertiary/aromatic N) is 4. The predicted molar refractivity (Wildman–Crippen MR) is 91.2 cm³/mol. The van der Waals surface area contributed by atoms with Crippen LogP contribution in [-0.4, -0.2) is 28.0 Å². The van der Waals surface area contributed by atoms with E-state index < -0.39 is 0 Å². The number of aryl methyl sites for hydroxylation is 1. The van der Waals surface area contributed by atoms with Gasteiger partial charge >= 0.3 is 0 Å². The predicted octanol–water partition coefficient (Wildman–Crippen LogP) is 3.24. The van der Waals surface area contributed by atoms with E-state index in [2.05, 4.69) is 38.1 Å². The Labute approximate surface area is 132 Å². The smallest absolute Gasteiger partial charge is 0.222 e. The topological polar surface area (TPSA) is 67.9 Å². The number of rotatable bonds is 2. The van der Waals surface area contributed by atoms with E-state index in [9.17, 15) is 0 Å². The molecule has 5 nitrogen and oxygen atoms in total. The summed E-state index contributed by atoms with van der Waals surface area (Å²) >= 11 is 1.71. The molecule has 0 amide bonds. The third-order valence-electron chi connectivity index (χ3n) is 3.95. The number of aromatic nitrogens is 3. The first-order chi connectivity index (χ1) is 10.7. The lowest BCUT2D eigenvalue weighted by atomic mass is 10.1. The van der Waals surface area contributed by atoms with Gasteiger partial charge in [-0.2, -0.15) is 4.98 Å². The second-order valence-electron chi connectivity index (χ2n) is 5.58. The van der Waals surface area contributed by atoms with Crippen LogP contribution in [0, 0.1) is 6.92 Å². The van der Waals surface area contributed by atoms with Crippen molar-refractivity contribution >= 4 is 33.3 Å². The van der Waals surface area contributed by atoms with Crippen molar-refractivity contribution in [3.63, 3.8) is 0 Å². The van der Waals surface area contributed by atoms with Gasteiger partial charge in [0.05, 0.1) is 20.9 Å². The Bertz CT molecular complexity index is 836. The zero-order valence-corrected chi connectivity index (χ0v) is 13.2. The highest BCUT2D eigenvalue weighted by Gasteiger charge is 2.16. The number of fused-ring (bicyclic) bond motifs is 1. The Morgan fingerprint density at radius 3 is 2.73 bits per heavy atom. The number of hydrogen-bond donors (Lipinski definition) is 1. The first-order valence-corrected chi connectivity index (χ1v) is 8.28. The summed E-state index contributed by atoms with van der Waals surface area (Å²) in [6.07, 6.45) is 2.42. The minimum absolute atomic E-state index is 0.328. The highest BCUT2D eigenvalue weighted by atomic mass is 32.1. The largest absolute Gasteiger partial charge is 0.368 e. The molecule has 1 aromatic carbocycles. The Morgan fingerprint density at radius 2 is 1.91 bits per heavy atom. The SMILES string of the molecule is Cc1nc2cc(-c3cc(N4CCCC4)nc(N)n3)ccc2s1. The van der Waals surface area contributed by atoms with E-state index in [1.807, 2.05) is 13.0 Å². The molecule has 0 saturated carbocycles. The molecule has 6 heteroatoms. The molecule has 4 rings (SSSR count). The van der Waals surface area contributed by atoms with Crippen molar-refractivity contribution in [3.05, 3.63) is 29.3 Å². The van der Waals surface area contributed by atoms with E-state index in [-0.39, 0.29) is 0 Å². The molecular weight excluding hydrogens is 294 g/mol. The molecule has 3 heterocycles. The van der Waals surface area contributed by atoms with Crippen molar-refractivity contribution in [2.24, 2.45) is 0 Å². The van der Waals surface area contributed by atoms with Crippen LogP contribution in [0.4, 0.5) is 11.8 Å². The molecule has 1 aliphatic rings. The Kier molecular flexibility index (Phi) is 3.18. The third kappa shape index (κ3) is 2.39. The monoisotopic (exact) mass is 311 g/mol.